The Labute approximate surface area is 126 Å². The molecule has 0 aromatic carbocycles. The molecule has 0 aliphatic carbocycles. The summed E-state index contributed by atoms with van der Waals surface area (Å²) in [5.41, 5.74) is 1.01. The Morgan fingerprint density at radius 1 is 1.57 bits per heavy atom. The Balaban J connectivity index is 1.87. The first-order valence-corrected chi connectivity index (χ1v) is 7.54. The zero-order valence-electron chi connectivity index (χ0n) is 12.3. The van der Waals surface area contributed by atoms with Crippen LogP contribution < -0.4 is 5.32 Å². The Hall–Kier alpha value is -1.93. The SMILES string of the molecule is N#CCCN(Cc1cccnc1)C(=O)CCC1CCNC1. The van der Waals surface area contributed by atoms with Crippen molar-refractivity contribution in [3.8, 4) is 6.07 Å². The van der Waals surface area contributed by atoms with Gasteiger partial charge in [-0.05, 0) is 43.5 Å². The minimum Gasteiger partial charge on any atom is -0.337 e. The number of nitriles is 1. The van der Waals surface area contributed by atoms with Gasteiger partial charge in [0.25, 0.3) is 0 Å². The van der Waals surface area contributed by atoms with E-state index in [1.165, 1.54) is 0 Å². The smallest absolute Gasteiger partial charge is 0.222 e. The maximum Gasteiger partial charge on any atom is 0.222 e. The number of hydrogen-bond donors (Lipinski definition) is 1. The second kappa shape index (κ2) is 8.38. The number of nitrogens with one attached hydrogen (secondary N) is 1. The molecule has 0 spiro atoms. The van der Waals surface area contributed by atoms with E-state index in [-0.39, 0.29) is 5.91 Å². The standard InChI is InChI=1S/C16H22N4O/c17-7-2-10-20(13-15-3-1-8-18-12-15)16(21)5-4-14-6-9-19-11-14/h1,3,8,12,14,19H,2,4-6,9-11,13H2. The second-order valence-corrected chi connectivity index (χ2v) is 5.48. The molecule has 112 valence electrons. The topological polar surface area (TPSA) is 69.0 Å². The molecule has 1 saturated heterocycles. The summed E-state index contributed by atoms with van der Waals surface area (Å²) in [6.45, 7) is 3.12. The molecule has 1 fully saturated rings. The Morgan fingerprint density at radius 2 is 2.48 bits per heavy atom. The summed E-state index contributed by atoms with van der Waals surface area (Å²) < 4.78 is 0. The van der Waals surface area contributed by atoms with Gasteiger partial charge in [-0.3, -0.25) is 9.78 Å². The summed E-state index contributed by atoms with van der Waals surface area (Å²) in [5, 5.41) is 12.1. The minimum absolute atomic E-state index is 0.140. The Bertz CT molecular complexity index is 477. The minimum atomic E-state index is 0.140. The lowest BCUT2D eigenvalue weighted by molar-refractivity contribution is -0.132. The van der Waals surface area contributed by atoms with Crippen molar-refractivity contribution in [2.75, 3.05) is 19.6 Å². The lowest BCUT2D eigenvalue weighted by atomic mass is 10.0. The molecule has 5 nitrogen and oxygen atoms in total. The summed E-state index contributed by atoms with van der Waals surface area (Å²) in [6.07, 6.45) is 6.52. The van der Waals surface area contributed by atoms with Crippen molar-refractivity contribution in [3.05, 3.63) is 30.1 Å². The van der Waals surface area contributed by atoms with Crippen LogP contribution in [0.3, 0.4) is 0 Å². The molecule has 0 saturated carbocycles. The fourth-order valence-electron chi connectivity index (χ4n) is 2.64. The van der Waals surface area contributed by atoms with Crippen molar-refractivity contribution in [3.63, 3.8) is 0 Å². The molecule has 1 amide bonds. The molecule has 1 aliphatic heterocycles. The second-order valence-electron chi connectivity index (χ2n) is 5.48. The van der Waals surface area contributed by atoms with Crippen LogP contribution in [-0.2, 0) is 11.3 Å². The van der Waals surface area contributed by atoms with E-state index in [2.05, 4.69) is 16.4 Å². The average Bonchev–Trinajstić information content (AvgIpc) is 3.03. The van der Waals surface area contributed by atoms with E-state index in [4.69, 9.17) is 5.26 Å². The molecule has 5 heteroatoms. The Kier molecular flexibility index (Phi) is 6.17. The highest BCUT2D eigenvalue weighted by Gasteiger charge is 2.19. The molecule has 1 unspecified atom stereocenters. The maximum absolute atomic E-state index is 12.4. The Morgan fingerprint density at radius 3 is 3.14 bits per heavy atom. The number of pyridine rings is 1. The number of carbonyl (C=O) groups excluding carboxylic acids is 1. The van der Waals surface area contributed by atoms with E-state index in [1.807, 2.05) is 12.1 Å². The molecule has 21 heavy (non-hydrogen) atoms. The summed E-state index contributed by atoms with van der Waals surface area (Å²) in [5.74, 6) is 0.756. The molecule has 0 bridgehead atoms. The van der Waals surface area contributed by atoms with Gasteiger partial charge in [-0.25, -0.2) is 0 Å². The molecule has 0 radical (unpaired) electrons. The zero-order chi connectivity index (χ0) is 14.9. The summed E-state index contributed by atoms with van der Waals surface area (Å²) in [7, 11) is 0. The number of aromatic nitrogens is 1. The van der Waals surface area contributed by atoms with Crippen LogP contribution in [0.1, 0.15) is 31.2 Å². The van der Waals surface area contributed by atoms with Crippen LogP contribution in [0, 0.1) is 17.2 Å². The molecule has 1 atom stereocenters. The average molecular weight is 286 g/mol. The van der Waals surface area contributed by atoms with Gasteiger partial charge in [-0.1, -0.05) is 6.07 Å². The normalized spacial score (nSPS) is 17.4. The number of hydrogen-bond acceptors (Lipinski definition) is 4. The molecule has 1 N–H and O–H groups in total. The van der Waals surface area contributed by atoms with Crippen molar-refractivity contribution >= 4 is 5.91 Å². The third kappa shape index (κ3) is 5.16. The molecule has 1 aliphatic rings. The fourth-order valence-corrected chi connectivity index (χ4v) is 2.64. The van der Waals surface area contributed by atoms with Crippen LogP contribution in [0.5, 0.6) is 0 Å². The third-order valence-corrected chi connectivity index (χ3v) is 3.87. The van der Waals surface area contributed by atoms with Crippen LogP contribution in [0.2, 0.25) is 0 Å². The maximum atomic E-state index is 12.4. The monoisotopic (exact) mass is 286 g/mol. The van der Waals surface area contributed by atoms with E-state index in [0.29, 0.717) is 31.8 Å². The first-order chi connectivity index (χ1) is 10.3. The highest BCUT2D eigenvalue weighted by Crippen LogP contribution is 2.16. The van der Waals surface area contributed by atoms with Gasteiger partial charge in [0.1, 0.15) is 0 Å². The van der Waals surface area contributed by atoms with E-state index in [0.717, 1.165) is 31.5 Å². The van der Waals surface area contributed by atoms with Gasteiger partial charge >= 0.3 is 0 Å². The van der Waals surface area contributed by atoms with Gasteiger partial charge in [0.2, 0.25) is 5.91 Å². The van der Waals surface area contributed by atoms with E-state index in [9.17, 15) is 4.79 Å². The number of carbonyl (C=O) groups is 1. The van der Waals surface area contributed by atoms with Crippen molar-refractivity contribution in [2.24, 2.45) is 5.92 Å². The number of nitrogens with zero attached hydrogens (tertiary/aromatic N) is 3. The van der Waals surface area contributed by atoms with Crippen molar-refractivity contribution in [1.29, 1.82) is 5.26 Å². The van der Waals surface area contributed by atoms with Crippen LogP contribution >= 0.6 is 0 Å². The largest absolute Gasteiger partial charge is 0.337 e. The van der Waals surface area contributed by atoms with Crippen molar-refractivity contribution < 1.29 is 4.79 Å². The summed E-state index contributed by atoms with van der Waals surface area (Å²) in [6, 6.07) is 5.94. The van der Waals surface area contributed by atoms with Gasteiger partial charge < -0.3 is 10.2 Å². The summed E-state index contributed by atoms with van der Waals surface area (Å²) in [4.78, 5) is 18.2. The summed E-state index contributed by atoms with van der Waals surface area (Å²) >= 11 is 0. The number of rotatable bonds is 7. The first-order valence-electron chi connectivity index (χ1n) is 7.54. The molecule has 2 rings (SSSR count). The van der Waals surface area contributed by atoms with Crippen LogP contribution in [0.15, 0.2) is 24.5 Å². The zero-order valence-corrected chi connectivity index (χ0v) is 12.3. The van der Waals surface area contributed by atoms with Gasteiger partial charge in [0.05, 0.1) is 12.5 Å². The number of amides is 1. The van der Waals surface area contributed by atoms with E-state index < -0.39 is 0 Å². The molecular weight excluding hydrogens is 264 g/mol. The van der Waals surface area contributed by atoms with Crippen LogP contribution in [0.25, 0.3) is 0 Å². The fraction of sp³-hybridized carbons (Fsp3) is 0.562. The van der Waals surface area contributed by atoms with Crippen LogP contribution in [0.4, 0.5) is 0 Å². The lowest BCUT2D eigenvalue weighted by Gasteiger charge is -2.22. The highest BCUT2D eigenvalue weighted by atomic mass is 16.2. The van der Waals surface area contributed by atoms with Crippen LogP contribution in [-0.4, -0.2) is 35.4 Å². The first kappa shape index (κ1) is 15.5. The van der Waals surface area contributed by atoms with Gasteiger partial charge in [0.15, 0.2) is 0 Å². The third-order valence-electron chi connectivity index (χ3n) is 3.87. The predicted octanol–water partition coefficient (Wildman–Crippen LogP) is 1.71. The molecular formula is C16H22N4O. The van der Waals surface area contributed by atoms with Gasteiger partial charge in [-0.15, -0.1) is 0 Å². The predicted molar refractivity (Wildman–Crippen MR) is 80.1 cm³/mol. The molecule has 1 aromatic heterocycles. The molecule has 1 aromatic rings. The van der Waals surface area contributed by atoms with E-state index in [1.54, 1.807) is 17.3 Å². The van der Waals surface area contributed by atoms with Gasteiger partial charge in [-0.2, -0.15) is 5.26 Å². The quantitative estimate of drug-likeness (QED) is 0.828. The van der Waals surface area contributed by atoms with Crippen molar-refractivity contribution in [2.45, 2.75) is 32.2 Å². The molecule has 2 heterocycles. The highest BCUT2D eigenvalue weighted by molar-refractivity contribution is 5.76. The van der Waals surface area contributed by atoms with E-state index >= 15 is 0 Å². The van der Waals surface area contributed by atoms with Crippen molar-refractivity contribution in [1.82, 2.24) is 15.2 Å². The van der Waals surface area contributed by atoms with Gasteiger partial charge in [0, 0.05) is 31.9 Å². The lowest BCUT2D eigenvalue weighted by Crippen LogP contribution is -2.31.